The van der Waals surface area contributed by atoms with E-state index in [2.05, 4.69) is 5.32 Å². The third-order valence-corrected chi connectivity index (χ3v) is 3.76. The van der Waals surface area contributed by atoms with Gasteiger partial charge in [0, 0.05) is 5.56 Å². The van der Waals surface area contributed by atoms with E-state index in [1.165, 1.54) is 0 Å². The van der Waals surface area contributed by atoms with Crippen molar-refractivity contribution in [3.8, 4) is 11.1 Å². The van der Waals surface area contributed by atoms with Gasteiger partial charge in [-0.15, -0.1) is 0 Å². The minimum Gasteiger partial charge on any atom is -0.319 e. The number of aldehydes is 1. The Kier molecular flexibility index (Phi) is 5.17. The van der Waals surface area contributed by atoms with Gasteiger partial charge in [-0.25, -0.2) is 0 Å². The highest BCUT2D eigenvalue weighted by Crippen LogP contribution is 2.19. The van der Waals surface area contributed by atoms with Gasteiger partial charge in [0.25, 0.3) is 5.91 Å². The van der Waals surface area contributed by atoms with Crippen molar-refractivity contribution < 1.29 is 9.59 Å². The number of allylic oxidation sites excluding steroid dienone is 1. The summed E-state index contributed by atoms with van der Waals surface area (Å²) in [5.74, 6) is -0.306. The van der Waals surface area contributed by atoms with Crippen LogP contribution in [0.2, 0.25) is 0 Å². The van der Waals surface area contributed by atoms with Crippen LogP contribution in [0, 0.1) is 0 Å². The maximum atomic E-state index is 12.1. The molecule has 3 aromatic carbocycles. The molecule has 1 amide bonds. The number of hydrogen-bond donors (Lipinski definition) is 1. The van der Waals surface area contributed by atoms with E-state index >= 15 is 0 Å². The molecular weight excluding hydrogens is 310 g/mol. The summed E-state index contributed by atoms with van der Waals surface area (Å²) in [5, 5.41) is 2.63. The molecule has 25 heavy (non-hydrogen) atoms. The number of nitrogens with one attached hydrogen (secondary N) is 1. The van der Waals surface area contributed by atoms with E-state index in [-0.39, 0.29) is 11.6 Å². The molecule has 122 valence electrons. The molecule has 3 nitrogen and oxygen atoms in total. The second-order valence-corrected chi connectivity index (χ2v) is 5.53. The lowest BCUT2D eigenvalue weighted by atomic mass is 10.0. The van der Waals surface area contributed by atoms with E-state index < -0.39 is 0 Å². The summed E-state index contributed by atoms with van der Waals surface area (Å²) >= 11 is 0. The Morgan fingerprint density at radius 2 is 1.28 bits per heavy atom. The molecule has 3 rings (SSSR count). The Morgan fingerprint density at radius 1 is 0.720 bits per heavy atom. The Bertz CT molecular complexity index is 882. The van der Waals surface area contributed by atoms with Gasteiger partial charge in [0.2, 0.25) is 0 Å². The molecule has 1 N–H and O–H groups in total. The van der Waals surface area contributed by atoms with Gasteiger partial charge in [-0.2, -0.15) is 0 Å². The molecule has 0 atom stereocenters. The zero-order valence-corrected chi connectivity index (χ0v) is 13.6. The van der Waals surface area contributed by atoms with Crippen LogP contribution >= 0.6 is 0 Å². The lowest BCUT2D eigenvalue weighted by Gasteiger charge is -2.05. The van der Waals surface area contributed by atoms with Crippen molar-refractivity contribution in [1.29, 1.82) is 0 Å². The lowest BCUT2D eigenvalue weighted by Crippen LogP contribution is -2.23. The van der Waals surface area contributed by atoms with Crippen molar-refractivity contribution in [2.24, 2.45) is 0 Å². The fourth-order valence-corrected chi connectivity index (χ4v) is 2.47. The summed E-state index contributed by atoms with van der Waals surface area (Å²) < 4.78 is 0. The first-order chi connectivity index (χ1) is 12.3. The van der Waals surface area contributed by atoms with E-state index in [0.717, 1.165) is 16.7 Å². The van der Waals surface area contributed by atoms with Gasteiger partial charge in [-0.05, 0) is 34.9 Å². The van der Waals surface area contributed by atoms with Crippen molar-refractivity contribution in [3.63, 3.8) is 0 Å². The first kappa shape index (κ1) is 16.4. The molecule has 0 aliphatic rings. The van der Waals surface area contributed by atoms with Gasteiger partial charge < -0.3 is 5.32 Å². The van der Waals surface area contributed by atoms with Gasteiger partial charge in [-0.1, -0.05) is 72.8 Å². The summed E-state index contributed by atoms with van der Waals surface area (Å²) in [5.41, 5.74) is 3.80. The van der Waals surface area contributed by atoms with Gasteiger partial charge in [0.15, 0.2) is 6.29 Å². The molecular formula is C22H17NO2. The van der Waals surface area contributed by atoms with Crippen LogP contribution in [0.3, 0.4) is 0 Å². The maximum absolute atomic E-state index is 12.1. The second kappa shape index (κ2) is 7.88. The summed E-state index contributed by atoms with van der Waals surface area (Å²) in [6.07, 6.45) is 2.30. The van der Waals surface area contributed by atoms with Gasteiger partial charge in [0.05, 0.1) is 5.70 Å². The third-order valence-electron chi connectivity index (χ3n) is 3.76. The van der Waals surface area contributed by atoms with Crippen LogP contribution in [-0.2, 0) is 4.79 Å². The Morgan fingerprint density at radius 3 is 1.88 bits per heavy atom. The molecule has 0 fully saturated rings. The van der Waals surface area contributed by atoms with Gasteiger partial charge >= 0.3 is 0 Å². The molecule has 0 aliphatic carbocycles. The van der Waals surface area contributed by atoms with E-state index in [4.69, 9.17) is 0 Å². The smallest absolute Gasteiger partial charge is 0.255 e. The fourth-order valence-electron chi connectivity index (χ4n) is 2.47. The zero-order valence-electron chi connectivity index (χ0n) is 13.6. The highest BCUT2D eigenvalue weighted by atomic mass is 16.2. The quantitative estimate of drug-likeness (QED) is 0.560. The molecule has 0 spiro atoms. The van der Waals surface area contributed by atoms with Gasteiger partial charge in [0.1, 0.15) is 0 Å². The Hall–Kier alpha value is -3.46. The Labute approximate surface area is 146 Å². The van der Waals surface area contributed by atoms with Crippen molar-refractivity contribution in [2.45, 2.75) is 0 Å². The van der Waals surface area contributed by atoms with Crippen LogP contribution in [0.5, 0.6) is 0 Å². The largest absolute Gasteiger partial charge is 0.319 e. The third kappa shape index (κ3) is 4.30. The summed E-state index contributed by atoms with van der Waals surface area (Å²) in [6.45, 7) is 0. The molecule has 0 aliphatic heterocycles. The van der Waals surface area contributed by atoms with Crippen LogP contribution in [0.15, 0.2) is 90.6 Å². The molecule has 0 bridgehead atoms. The van der Waals surface area contributed by atoms with E-state index in [1.54, 1.807) is 30.3 Å². The van der Waals surface area contributed by atoms with E-state index in [0.29, 0.717) is 11.8 Å². The van der Waals surface area contributed by atoms with Crippen molar-refractivity contribution in [2.75, 3.05) is 0 Å². The van der Waals surface area contributed by atoms with Crippen molar-refractivity contribution >= 4 is 18.3 Å². The lowest BCUT2D eigenvalue weighted by molar-refractivity contribution is -0.105. The number of hydrogen-bond acceptors (Lipinski definition) is 2. The number of rotatable bonds is 5. The molecule has 0 saturated carbocycles. The van der Waals surface area contributed by atoms with E-state index in [9.17, 15) is 9.59 Å². The number of carbonyl (C=O) groups is 2. The predicted octanol–water partition coefficient (Wildman–Crippen LogP) is 4.32. The SMILES string of the molecule is O=C/C(=C\c1ccc(-c2ccccc2)cc1)NC(=O)c1ccccc1. The normalized spacial score (nSPS) is 11.0. The monoisotopic (exact) mass is 327 g/mol. The average Bonchev–Trinajstić information content (AvgIpc) is 2.69. The molecule has 3 heteroatoms. The summed E-state index contributed by atoms with van der Waals surface area (Å²) in [4.78, 5) is 23.4. The minimum absolute atomic E-state index is 0.223. The molecule has 3 aromatic rings. The van der Waals surface area contributed by atoms with Crippen molar-refractivity contribution in [3.05, 3.63) is 102 Å². The van der Waals surface area contributed by atoms with E-state index in [1.807, 2.05) is 60.7 Å². The summed E-state index contributed by atoms with van der Waals surface area (Å²) in [7, 11) is 0. The standard InChI is InChI=1S/C22H17NO2/c24-16-21(23-22(25)20-9-5-2-6-10-20)15-17-11-13-19(14-12-17)18-7-3-1-4-8-18/h1-16H,(H,23,25)/b21-15+. The molecule has 0 aromatic heterocycles. The second-order valence-electron chi connectivity index (χ2n) is 5.53. The Balaban J connectivity index is 1.76. The minimum atomic E-state index is -0.306. The van der Waals surface area contributed by atoms with Crippen molar-refractivity contribution in [1.82, 2.24) is 5.32 Å². The maximum Gasteiger partial charge on any atom is 0.255 e. The first-order valence-electron chi connectivity index (χ1n) is 7.95. The molecule has 0 saturated heterocycles. The van der Waals surface area contributed by atoms with Crippen LogP contribution in [-0.4, -0.2) is 12.2 Å². The molecule has 0 radical (unpaired) electrons. The van der Waals surface area contributed by atoms with Gasteiger partial charge in [-0.3, -0.25) is 9.59 Å². The topological polar surface area (TPSA) is 46.2 Å². The first-order valence-corrected chi connectivity index (χ1v) is 7.95. The highest BCUT2D eigenvalue weighted by molar-refractivity contribution is 5.99. The molecule has 0 unspecified atom stereocenters. The number of benzene rings is 3. The highest BCUT2D eigenvalue weighted by Gasteiger charge is 2.06. The van der Waals surface area contributed by atoms with Crippen LogP contribution in [0.1, 0.15) is 15.9 Å². The van der Waals surface area contributed by atoms with Crippen LogP contribution < -0.4 is 5.32 Å². The number of carbonyl (C=O) groups excluding carboxylic acids is 2. The fraction of sp³-hybridized carbons (Fsp3) is 0. The number of amides is 1. The average molecular weight is 327 g/mol. The van der Waals surface area contributed by atoms with Crippen LogP contribution in [0.4, 0.5) is 0 Å². The summed E-state index contributed by atoms with van der Waals surface area (Å²) in [6, 6.07) is 26.7. The molecule has 0 heterocycles. The predicted molar refractivity (Wildman–Crippen MR) is 99.8 cm³/mol. The zero-order chi connectivity index (χ0) is 17.5. The van der Waals surface area contributed by atoms with Crippen LogP contribution in [0.25, 0.3) is 17.2 Å².